The fourth-order valence-electron chi connectivity index (χ4n) is 3.82. The van der Waals surface area contributed by atoms with Crippen LogP contribution in [0.4, 0.5) is 32.4 Å². The number of hydrogen-bond acceptors (Lipinski definition) is 3. The Morgan fingerprint density at radius 3 is 2.35 bits per heavy atom. The van der Waals surface area contributed by atoms with Crippen LogP contribution in [0.3, 0.4) is 0 Å². The highest BCUT2D eigenvalue weighted by Gasteiger charge is 2.66. The molecule has 5 rings (SSSR count). The van der Waals surface area contributed by atoms with Gasteiger partial charge in [-0.3, -0.25) is 5.43 Å². The molecule has 0 atom stereocenters. The third-order valence-corrected chi connectivity index (χ3v) is 5.54. The molecule has 34 heavy (non-hydrogen) atoms. The number of halogens is 5. The van der Waals surface area contributed by atoms with Crippen molar-refractivity contribution in [2.24, 2.45) is 0 Å². The summed E-state index contributed by atoms with van der Waals surface area (Å²) in [4.78, 5) is 12.9. The quantitative estimate of drug-likeness (QED) is 0.471. The van der Waals surface area contributed by atoms with E-state index in [1.54, 1.807) is 12.1 Å². The normalized spacial score (nSPS) is 17.7. The fraction of sp³-hybridized carbons (Fsp3) is 0.125. The molecule has 0 unspecified atom stereocenters. The van der Waals surface area contributed by atoms with Crippen LogP contribution < -0.4 is 15.5 Å². The lowest BCUT2D eigenvalue weighted by Crippen LogP contribution is -2.40. The van der Waals surface area contributed by atoms with Crippen LogP contribution in [0.1, 0.15) is 16.7 Å². The number of rotatable bonds is 3. The lowest BCUT2D eigenvalue weighted by Gasteiger charge is -2.19. The molecule has 0 spiro atoms. The SMILES string of the molecule is O=C(Nc1ccc2c(c1)C(F)(F)C(F)(F)O2)N1CC(c2ccc(F)cc2)=C(c2ccccc2)N1. The lowest BCUT2D eigenvalue weighted by molar-refractivity contribution is -0.296. The van der Waals surface area contributed by atoms with E-state index in [2.05, 4.69) is 15.5 Å². The number of amides is 2. The number of urea groups is 1. The summed E-state index contributed by atoms with van der Waals surface area (Å²) in [5.74, 6) is -5.60. The number of ether oxygens (including phenoxy) is 1. The number of nitrogens with one attached hydrogen (secondary N) is 2. The molecular weight excluding hydrogens is 457 g/mol. The van der Waals surface area contributed by atoms with Gasteiger partial charge in [0.1, 0.15) is 11.6 Å². The third kappa shape index (κ3) is 3.60. The molecule has 0 bridgehead atoms. The van der Waals surface area contributed by atoms with Gasteiger partial charge < -0.3 is 10.1 Å². The van der Waals surface area contributed by atoms with Crippen molar-refractivity contribution in [2.45, 2.75) is 12.0 Å². The Morgan fingerprint density at radius 1 is 0.941 bits per heavy atom. The number of benzene rings is 3. The topological polar surface area (TPSA) is 53.6 Å². The first-order valence-corrected chi connectivity index (χ1v) is 10.1. The standard InChI is InChI=1S/C24H16F5N3O2/c25-16-8-6-14(7-9-16)18-13-32(31-21(18)15-4-2-1-3-5-15)22(33)30-17-10-11-20-19(12-17)23(26,27)24(28,29)34-20/h1-12,31H,13H2,(H,30,33). The van der Waals surface area contributed by atoms with Gasteiger partial charge in [-0.25, -0.2) is 14.2 Å². The van der Waals surface area contributed by atoms with Gasteiger partial charge in [-0.05, 0) is 41.5 Å². The zero-order valence-corrected chi connectivity index (χ0v) is 17.3. The van der Waals surface area contributed by atoms with Gasteiger partial charge >= 0.3 is 18.1 Å². The minimum Gasteiger partial charge on any atom is -0.427 e. The molecule has 0 saturated heterocycles. The van der Waals surface area contributed by atoms with Gasteiger partial charge in [-0.2, -0.15) is 17.6 Å². The summed E-state index contributed by atoms with van der Waals surface area (Å²) in [5, 5.41) is 3.64. The van der Waals surface area contributed by atoms with E-state index in [1.807, 2.05) is 30.3 Å². The van der Waals surface area contributed by atoms with Gasteiger partial charge in [0, 0.05) is 11.3 Å². The van der Waals surface area contributed by atoms with Crippen LogP contribution in [-0.2, 0) is 5.92 Å². The zero-order chi connectivity index (χ0) is 24.1. The Balaban J connectivity index is 1.40. The molecule has 0 radical (unpaired) electrons. The summed E-state index contributed by atoms with van der Waals surface area (Å²) < 4.78 is 72.4. The van der Waals surface area contributed by atoms with E-state index in [-0.39, 0.29) is 12.2 Å². The van der Waals surface area contributed by atoms with Crippen LogP contribution >= 0.6 is 0 Å². The van der Waals surface area contributed by atoms with Gasteiger partial charge in [0.05, 0.1) is 17.8 Å². The Hall–Kier alpha value is -4.08. The van der Waals surface area contributed by atoms with Gasteiger partial charge in [0.2, 0.25) is 0 Å². The largest absolute Gasteiger partial charge is 0.469 e. The van der Waals surface area contributed by atoms with Crippen LogP contribution in [0.2, 0.25) is 0 Å². The van der Waals surface area contributed by atoms with Crippen molar-refractivity contribution in [2.75, 3.05) is 11.9 Å². The molecule has 0 aromatic heterocycles. The Bertz CT molecular complexity index is 1290. The molecule has 0 saturated carbocycles. The molecule has 2 aliphatic heterocycles. The average Bonchev–Trinajstić information content (AvgIpc) is 3.33. The second-order valence-corrected chi connectivity index (χ2v) is 7.76. The maximum absolute atomic E-state index is 14.0. The summed E-state index contributed by atoms with van der Waals surface area (Å²) in [5.41, 5.74) is 4.63. The Labute approximate surface area is 190 Å². The van der Waals surface area contributed by atoms with Gasteiger partial charge in [0.15, 0.2) is 0 Å². The molecule has 2 aliphatic rings. The van der Waals surface area contributed by atoms with Crippen molar-refractivity contribution >= 4 is 23.0 Å². The van der Waals surface area contributed by atoms with Crippen LogP contribution in [-0.4, -0.2) is 23.7 Å². The van der Waals surface area contributed by atoms with Gasteiger partial charge in [-0.1, -0.05) is 42.5 Å². The minimum atomic E-state index is -4.67. The van der Waals surface area contributed by atoms with E-state index >= 15 is 0 Å². The number of anilines is 1. The molecule has 0 fully saturated rings. The minimum absolute atomic E-state index is 0.0734. The molecule has 2 N–H and O–H groups in total. The predicted octanol–water partition coefficient (Wildman–Crippen LogP) is 5.82. The average molecular weight is 473 g/mol. The Kier molecular flexibility index (Phi) is 4.96. The van der Waals surface area contributed by atoms with Crippen molar-refractivity contribution in [1.29, 1.82) is 0 Å². The number of carbonyl (C=O) groups excluding carboxylic acids is 1. The molecule has 174 valence electrons. The molecule has 5 nitrogen and oxygen atoms in total. The molecular formula is C24H16F5N3O2. The number of nitrogens with zero attached hydrogens (tertiary/aromatic N) is 1. The first-order chi connectivity index (χ1) is 16.2. The molecule has 2 heterocycles. The smallest absolute Gasteiger partial charge is 0.427 e. The summed E-state index contributed by atoms with van der Waals surface area (Å²) >= 11 is 0. The number of carbonyl (C=O) groups is 1. The van der Waals surface area contributed by atoms with Crippen LogP contribution in [0.5, 0.6) is 5.75 Å². The first-order valence-electron chi connectivity index (χ1n) is 10.1. The van der Waals surface area contributed by atoms with Crippen molar-refractivity contribution < 1.29 is 31.5 Å². The number of hydrogen-bond donors (Lipinski definition) is 2. The lowest BCUT2D eigenvalue weighted by atomic mass is 10.0. The van der Waals surface area contributed by atoms with E-state index in [0.717, 1.165) is 17.7 Å². The zero-order valence-electron chi connectivity index (χ0n) is 17.3. The predicted molar refractivity (Wildman–Crippen MR) is 114 cm³/mol. The van der Waals surface area contributed by atoms with E-state index in [1.165, 1.54) is 23.2 Å². The number of alkyl halides is 4. The van der Waals surface area contributed by atoms with E-state index in [9.17, 15) is 26.7 Å². The molecule has 0 aliphatic carbocycles. The first kappa shape index (κ1) is 21.7. The monoisotopic (exact) mass is 473 g/mol. The number of fused-ring (bicyclic) bond motifs is 1. The van der Waals surface area contributed by atoms with Crippen LogP contribution in [0.25, 0.3) is 11.3 Å². The second-order valence-electron chi connectivity index (χ2n) is 7.76. The van der Waals surface area contributed by atoms with Crippen LogP contribution in [0.15, 0.2) is 72.8 Å². The van der Waals surface area contributed by atoms with Gasteiger partial charge in [-0.15, -0.1) is 0 Å². The maximum atomic E-state index is 14.0. The van der Waals surface area contributed by atoms with Crippen molar-refractivity contribution in [3.05, 3.63) is 95.3 Å². The maximum Gasteiger partial charge on any atom is 0.469 e. The van der Waals surface area contributed by atoms with E-state index < -0.39 is 35.2 Å². The van der Waals surface area contributed by atoms with Crippen molar-refractivity contribution in [3.8, 4) is 5.75 Å². The van der Waals surface area contributed by atoms with Crippen molar-refractivity contribution in [3.63, 3.8) is 0 Å². The summed E-state index contributed by atoms with van der Waals surface area (Å²) in [7, 11) is 0. The van der Waals surface area contributed by atoms with Crippen molar-refractivity contribution in [1.82, 2.24) is 10.4 Å². The summed E-state index contributed by atoms with van der Waals surface area (Å²) in [6.07, 6.45) is -4.67. The van der Waals surface area contributed by atoms with E-state index in [4.69, 9.17) is 0 Å². The van der Waals surface area contributed by atoms with Crippen LogP contribution in [0, 0.1) is 5.82 Å². The van der Waals surface area contributed by atoms with Gasteiger partial charge in [0.25, 0.3) is 0 Å². The highest BCUT2D eigenvalue weighted by atomic mass is 19.3. The molecule has 10 heteroatoms. The second kappa shape index (κ2) is 7.75. The summed E-state index contributed by atoms with van der Waals surface area (Å²) in [6.45, 7) is 0.0734. The Morgan fingerprint density at radius 2 is 1.65 bits per heavy atom. The summed E-state index contributed by atoms with van der Waals surface area (Å²) in [6, 6.07) is 17.1. The highest BCUT2D eigenvalue weighted by Crippen LogP contribution is 2.53. The van der Waals surface area contributed by atoms with E-state index in [0.29, 0.717) is 16.8 Å². The molecule has 3 aromatic rings. The highest BCUT2D eigenvalue weighted by molar-refractivity contribution is 5.98. The fourth-order valence-corrected chi connectivity index (χ4v) is 3.82. The molecule has 2 amide bonds. The number of hydrazine groups is 1. The third-order valence-electron chi connectivity index (χ3n) is 5.54. The molecule has 3 aromatic carbocycles.